The number of hydrogen-bond acceptors (Lipinski definition) is 4. The van der Waals surface area contributed by atoms with Crippen LogP contribution in [0.1, 0.15) is 20.3 Å². The van der Waals surface area contributed by atoms with Gasteiger partial charge in [-0.05, 0) is 13.8 Å². The van der Waals surface area contributed by atoms with Crippen LogP contribution in [-0.2, 0) is 9.59 Å². The van der Waals surface area contributed by atoms with Gasteiger partial charge in [0.05, 0.1) is 0 Å². The Morgan fingerprint density at radius 2 is 1.75 bits per heavy atom. The maximum Gasteiger partial charge on any atom is 0.332 e. The molecule has 3 amide bonds. The standard InChI is InChI=1S/C12H23N3O5/c1-4-15(5-2)10(17)8-14(3)12(20)13-7-6-9(16)11(18)19/h9,16H,4-8H2,1-3H3,(H,13,20)(H,18,19)/t9-/m0/s1. The predicted octanol–water partition coefficient (Wildman–Crippen LogP) is -0.668. The SMILES string of the molecule is CCN(CC)C(=O)CN(C)C(=O)NCC[C@H](O)C(=O)O. The minimum Gasteiger partial charge on any atom is -0.479 e. The first-order chi connectivity index (χ1) is 9.33. The third-order valence-electron chi connectivity index (χ3n) is 2.81. The first-order valence-electron chi connectivity index (χ1n) is 6.51. The zero-order chi connectivity index (χ0) is 15.7. The molecule has 0 radical (unpaired) electrons. The molecule has 0 saturated carbocycles. The number of rotatable bonds is 8. The van der Waals surface area contributed by atoms with E-state index in [1.165, 1.54) is 11.9 Å². The van der Waals surface area contributed by atoms with Gasteiger partial charge in [-0.3, -0.25) is 4.79 Å². The lowest BCUT2D eigenvalue weighted by atomic mass is 10.2. The number of urea groups is 1. The first kappa shape index (κ1) is 18.2. The van der Waals surface area contributed by atoms with Gasteiger partial charge >= 0.3 is 12.0 Å². The number of likely N-dealkylation sites (N-methyl/N-ethyl adjacent to an activating group) is 2. The molecule has 0 aliphatic carbocycles. The van der Waals surface area contributed by atoms with Crippen LogP contribution in [0.15, 0.2) is 0 Å². The Bertz CT molecular complexity index is 344. The summed E-state index contributed by atoms with van der Waals surface area (Å²) in [4.78, 5) is 36.6. The van der Waals surface area contributed by atoms with E-state index in [0.717, 1.165) is 0 Å². The van der Waals surface area contributed by atoms with Crippen LogP contribution in [-0.4, -0.2) is 77.3 Å². The molecule has 0 aromatic carbocycles. The van der Waals surface area contributed by atoms with E-state index in [1.807, 2.05) is 13.8 Å². The Hall–Kier alpha value is -1.83. The van der Waals surface area contributed by atoms with Gasteiger partial charge in [-0.1, -0.05) is 0 Å². The van der Waals surface area contributed by atoms with Crippen molar-refractivity contribution >= 4 is 17.9 Å². The van der Waals surface area contributed by atoms with Crippen LogP contribution in [0.3, 0.4) is 0 Å². The highest BCUT2D eigenvalue weighted by Crippen LogP contribution is 1.94. The molecule has 3 N–H and O–H groups in total. The van der Waals surface area contributed by atoms with Gasteiger partial charge < -0.3 is 25.3 Å². The molecule has 0 saturated heterocycles. The van der Waals surface area contributed by atoms with E-state index in [0.29, 0.717) is 13.1 Å². The average molecular weight is 289 g/mol. The second kappa shape index (κ2) is 9.13. The van der Waals surface area contributed by atoms with Crippen LogP contribution in [0.2, 0.25) is 0 Å². The lowest BCUT2D eigenvalue weighted by Crippen LogP contribution is -2.45. The number of carboxylic acids is 1. The number of nitrogens with one attached hydrogen (secondary N) is 1. The summed E-state index contributed by atoms with van der Waals surface area (Å²) in [6, 6.07) is -0.483. The topological polar surface area (TPSA) is 110 Å². The quantitative estimate of drug-likeness (QED) is 0.549. The van der Waals surface area contributed by atoms with Gasteiger partial charge in [0, 0.05) is 33.1 Å². The molecule has 0 bridgehead atoms. The molecule has 0 rings (SSSR count). The Balaban J connectivity index is 4.10. The fraction of sp³-hybridized carbons (Fsp3) is 0.750. The van der Waals surface area contributed by atoms with Crippen LogP contribution in [0.4, 0.5) is 4.79 Å². The van der Waals surface area contributed by atoms with Crippen molar-refractivity contribution in [3.8, 4) is 0 Å². The molecule has 8 heteroatoms. The summed E-state index contributed by atoms with van der Waals surface area (Å²) >= 11 is 0. The summed E-state index contributed by atoms with van der Waals surface area (Å²) in [6.45, 7) is 4.85. The number of aliphatic hydroxyl groups excluding tert-OH is 1. The molecule has 0 aliphatic heterocycles. The van der Waals surface area contributed by atoms with Gasteiger partial charge in [-0.15, -0.1) is 0 Å². The zero-order valence-corrected chi connectivity index (χ0v) is 12.1. The third kappa shape index (κ3) is 6.37. The number of aliphatic carboxylic acids is 1. The lowest BCUT2D eigenvalue weighted by molar-refractivity contribution is -0.146. The van der Waals surface area contributed by atoms with Crippen molar-refractivity contribution in [1.82, 2.24) is 15.1 Å². The van der Waals surface area contributed by atoms with Crippen molar-refractivity contribution in [2.75, 3.05) is 33.2 Å². The molecule has 8 nitrogen and oxygen atoms in total. The molecule has 20 heavy (non-hydrogen) atoms. The molecule has 0 heterocycles. The van der Waals surface area contributed by atoms with Crippen LogP contribution in [0.5, 0.6) is 0 Å². The molecule has 0 aromatic heterocycles. The number of carbonyl (C=O) groups excluding carboxylic acids is 2. The molecule has 0 aromatic rings. The van der Waals surface area contributed by atoms with Gasteiger partial charge in [0.15, 0.2) is 6.10 Å². The fourth-order valence-electron chi connectivity index (χ4n) is 1.53. The van der Waals surface area contributed by atoms with Crippen LogP contribution in [0.25, 0.3) is 0 Å². The summed E-state index contributed by atoms with van der Waals surface area (Å²) in [6.07, 6.45) is -1.59. The fourth-order valence-corrected chi connectivity index (χ4v) is 1.53. The maximum atomic E-state index is 11.8. The first-order valence-corrected chi connectivity index (χ1v) is 6.51. The molecular weight excluding hydrogens is 266 g/mol. The van der Waals surface area contributed by atoms with E-state index in [2.05, 4.69) is 5.32 Å². The monoisotopic (exact) mass is 289 g/mol. The molecule has 116 valence electrons. The normalized spacial score (nSPS) is 11.6. The van der Waals surface area contributed by atoms with Gasteiger partial charge in [0.1, 0.15) is 6.54 Å². The maximum absolute atomic E-state index is 11.8. The molecule has 0 aliphatic rings. The predicted molar refractivity (Wildman–Crippen MR) is 72.2 cm³/mol. The molecule has 0 fully saturated rings. The van der Waals surface area contributed by atoms with Gasteiger partial charge in [-0.25, -0.2) is 9.59 Å². The van der Waals surface area contributed by atoms with E-state index in [-0.39, 0.29) is 25.4 Å². The molecule has 1 atom stereocenters. The summed E-state index contributed by atoms with van der Waals surface area (Å²) in [5.41, 5.74) is 0. The van der Waals surface area contributed by atoms with Gasteiger partial charge in [0.25, 0.3) is 0 Å². The number of carboxylic acid groups (broad SMARTS) is 1. The third-order valence-corrected chi connectivity index (χ3v) is 2.81. The van der Waals surface area contributed by atoms with Crippen LogP contribution < -0.4 is 5.32 Å². The van der Waals surface area contributed by atoms with Crippen molar-refractivity contribution in [1.29, 1.82) is 0 Å². The van der Waals surface area contributed by atoms with Gasteiger partial charge in [0.2, 0.25) is 5.91 Å². The molecular formula is C12H23N3O5. The van der Waals surface area contributed by atoms with Crippen molar-refractivity contribution in [2.45, 2.75) is 26.4 Å². The van der Waals surface area contributed by atoms with E-state index in [9.17, 15) is 14.4 Å². The van der Waals surface area contributed by atoms with Crippen molar-refractivity contribution in [3.05, 3.63) is 0 Å². The highest BCUT2D eigenvalue weighted by atomic mass is 16.4. The summed E-state index contributed by atoms with van der Waals surface area (Å²) < 4.78 is 0. The minimum absolute atomic E-state index is 0.0239. The van der Waals surface area contributed by atoms with Crippen molar-refractivity contribution in [3.63, 3.8) is 0 Å². The van der Waals surface area contributed by atoms with E-state index in [1.54, 1.807) is 4.90 Å². The van der Waals surface area contributed by atoms with Gasteiger partial charge in [-0.2, -0.15) is 0 Å². The number of amides is 3. The molecule has 0 spiro atoms. The Morgan fingerprint density at radius 1 is 1.20 bits per heavy atom. The summed E-state index contributed by atoms with van der Waals surface area (Å²) in [5, 5.41) is 19.9. The van der Waals surface area contributed by atoms with Crippen molar-refractivity contribution < 1.29 is 24.6 Å². The summed E-state index contributed by atoms with van der Waals surface area (Å²) in [7, 11) is 1.48. The smallest absolute Gasteiger partial charge is 0.332 e. The second-order valence-electron chi connectivity index (χ2n) is 4.30. The number of nitrogens with zero attached hydrogens (tertiary/aromatic N) is 2. The number of aliphatic hydroxyl groups is 1. The minimum atomic E-state index is -1.50. The van der Waals surface area contributed by atoms with Crippen LogP contribution >= 0.6 is 0 Å². The largest absolute Gasteiger partial charge is 0.479 e. The number of carbonyl (C=O) groups is 3. The summed E-state index contributed by atoms with van der Waals surface area (Å²) in [5.74, 6) is -1.48. The Kier molecular flexibility index (Phi) is 8.30. The molecule has 0 unspecified atom stereocenters. The lowest BCUT2D eigenvalue weighted by Gasteiger charge is -2.23. The van der Waals surface area contributed by atoms with E-state index < -0.39 is 18.1 Å². The Labute approximate surface area is 118 Å². The highest BCUT2D eigenvalue weighted by molar-refractivity contribution is 5.83. The van der Waals surface area contributed by atoms with E-state index >= 15 is 0 Å². The van der Waals surface area contributed by atoms with Crippen LogP contribution in [0, 0.1) is 0 Å². The number of hydrogen-bond donors (Lipinski definition) is 3. The van der Waals surface area contributed by atoms with Crippen molar-refractivity contribution in [2.24, 2.45) is 0 Å². The zero-order valence-electron chi connectivity index (χ0n) is 12.1. The Morgan fingerprint density at radius 3 is 2.20 bits per heavy atom. The highest BCUT2D eigenvalue weighted by Gasteiger charge is 2.17. The second-order valence-corrected chi connectivity index (χ2v) is 4.30. The van der Waals surface area contributed by atoms with E-state index in [4.69, 9.17) is 10.2 Å². The average Bonchev–Trinajstić information content (AvgIpc) is 2.39.